The third-order valence-corrected chi connectivity index (χ3v) is 3.78. The van der Waals surface area contributed by atoms with Gasteiger partial charge in [-0.2, -0.15) is 0 Å². The largest absolute Gasteiger partial charge is 0.398 e. The lowest BCUT2D eigenvalue weighted by atomic mass is 10.1. The number of carbonyl (C=O) groups is 1. The summed E-state index contributed by atoms with van der Waals surface area (Å²) < 4.78 is 0.891. The molecule has 0 bridgehead atoms. The molecule has 0 atom stereocenters. The second kappa shape index (κ2) is 5.54. The molecule has 1 aliphatic rings. The molecule has 1 amide bonds. The number of rotatable bonds is 3. The van der Waals surface area contributed by atoms with Crippen molar-refractivity contribution in [2.45, 2.75) is 25.7 Å². The highest BCUT2D eigenvalue weighted by atomic mass is 79.9. The van der Waals surface area contributed by atoms with Gasteiger partial charge in [-0.15, -0.1) is 0 Å². The van der Waals surface area contributed by atoms with E-state index in [1.807, 2.05) is 6.07 Å². The molecule has 17 heavy (non-hydrogen) atoms. The number of anilines is 1. The highest BCUT2D eigenvalue weighted by Gasteiger charge is 2.16. The monoisotopic (exact) mass is 296 g/mol. The standard InChI is InChI=1S/C13H17BrN2O/c14-10-5-6-11(12(15)7-10)13(17)16-8-9-3-1-2-4-9/h5-7,9H,1-4,8,15H2,(H,16,17). The molecule has 1 aromatic carbocycles. The summed E-state index contributed by atoms with van der Waals surface area (Å²) in [7, 11) is 0. The number of benzene rings is 1. The molecule has 1 fully saturated rings. The number of halogens is 1. The number of hydrogen-bond donors (Lipinski definition) is 2. The first-order chi connectivity index (χ1) is 8.16. The van der Waals surface area contributed by atoms with Crippen molar-refractivity contribution in [3.63, 3.8) is 0 Å². The molecule has 3 nitrogen and oxygen atoms in total. The van der Waals surface area contributed by atoms with Crippen molar-refractivity contribution in [3.8, 4) is 0 Å². The molecule has 0 heterocycles. The maximum Gasteiger partial charge on any atom is 0.253 e. The van der Waals surface area contributed by atoms with Crippen molar-refractivity contribution < 1.29 is 4.79 Å². The Bertz CT molecular complexity index is 414. The smallest absolute Gasteiger partial charge is 0.253 e. The summed E-state index contributed by atoms with van der Waals surface area (Å²) in [5.74, 6) is 0.581. The lowest BCUT2D eigenvalue weighted by molar-refractivity contribution is 0.0948. The number of hydrogen-bond acceptors (Lipinski definition) is 2. The summed E-state index contributed by atoms with van der Waals surface area (Å²) in [5, 5.41) is 2.97. The van der Waals surface area contributed by atoms with Crippen molar-refractivity contribution in [2.75, 3.05) is 12.3 Å². The summed E-state index contributed by atoms with van der Waals surface area (Å²) in [5.41, 5.74) is 6.89. The molecule has 4 heteroatoms. The number of nitrogen functional groups attached to an aromatic ring is 1. The summed E-state index contributed by atoms with van der Waals surface area (Å²) in [4.78, 5) is 11.9. The van der Waals surface area contributed by atoms with Crippen LogP contribution in [0.5, 0.6) is 0 Å². The first kappa shape index (κ1) is 12.4. The fourth-order valence-corrected chi connectivity index (χ4v) is 2.67. The average molecular weight is 297 g/mol. The van der Waals surface area contributed by atoms with E-state index in [2.05, 4.69) is 21.2 Å². The van der Waals surface area contributed by atoms with Crippen LogP contribution in [0.3, 0.4) is 0 Å². The van der Waals surface area contributed by atoms with Crippen LogP contribution in [-0.4, -0.2) is 12.5 Å². The Labute approximate surface area is 110 Å². The molecular formula is C13H17BrN2O. The molecule has 1 aromatic rings. The molecule has 3 N–H and O–H groups in total. The van der Waals surface area contributed by atoms with Crippen LogP contribution in [0.1, 0.15) is 36.0 Å². The van der Waals surface area contributed by atoms with E-state index in [-0.39, 0.29) is 5.91 Å². The van der Waals surface area contributed by atoms with Crippen molar-refractivity contribution in [3.05, 3.63) is 28.2 Å². The molecule has 0 aliphatic heterocycles. The van der Waals surface area contributed by atoms with Crippen molar-refractivity contribution >= 4 is 27.5 Å². The molecule has 1 saturated carbocycles. The minimum Gasteiger partial charge on any atom is -0.398 e. The zero-order valence-corrected chi connectivity index (χ0v) is 11.3. The molecule has 0 unspecified atom stereocenters. The fraction of sp³-hybridized carbons (Fsp3) is 0.462. The van der Waals surface area contributed by atoms with E-state index in [1.165, 1.54) is 25.7 Å². The van der Waals surface area contributed by atoms with E-state index in [4.69, 9.17) is 5.73 Å². The van der Waals surface area contributed by atoms with Gasteiger partial charge >= 0.3 is 0 Å². The molecule has 2 rings (SSSR count). The molecule has 0 spiro atoms. The third kappa shape index (κ3) is 3.22. The summed E-state index contributed by atoms with van der Waals surface area (Å²) in [6, 6.07) is 5.34. The quantitative estimate of drug-likeness (QED) is 0.843. The van der Waals surface area contributed by atoms with Crippen LogP contribution in [0.2, 0.25) is 0 Å². The minimum atomic E-state index is -0.0677. The first-order valence-corrected chi connectivity index (χ1v) is 6.79. The molecule has 0 aromatic heterocycles. The second-order valence-corrected chi connectivity index (χ2v) is 5.51. The van der Waals surface area contributed by atoms with Gasteiger partial charge in [-0.1, -0.05) is 28.8 Å². The van der Waals surface area contributed by atoms with Gasteiger partial charge in [-0.25, -0.2) is 0 Å². The molecule has 0 saturated heterocycles. The zero-order valence-electron chi connectivity index (χ0n) is 9.71. The van der Waals surface area contributed by atoms with Crippen molar-refractivity contribution in [2.24, 2.45) is 5.92 Å². The van der Waals surface area contributed by atoms with E-state index in [1.54, 1.807) is 12.1 Å². The van der Waals surface area contributed by atoms with Crippen LogP contribution in [0.4, 0.5) is 5.69 Å². The lowest BCUT2D eigenvalue weighted by Gasteiger charge is -2.11. The Morgan fingerprint density at radius 2 is 2.12 bits per heavy atom. The van der Waals surface area contributed by atoms with E-state index in [0.29, 0.717) is 17.2 Å². The third-order valence-electron chi connectivity index (χ3n) is 3.28. The molecular weight excluding hydrogens is 280 g/mol. The maximum atomic E-state index is 11.9. The summed E-state index contributed by atoms with van der Waals surface area (Å²) in [6.45, 7) is 0.772. The van der Waals surface area contributed by atoms with Gasteiger partial charge in [0.25, 0.3) is 5.91 Å². The normalized spacial score (nSPS) is 16.1. The van der Waals surface area contributed by atoms with Gasteiger partial charge in [0, 0.05) is 16.7 Å². The minimum absolute atomic E-state index is 0.0677. The van der Waals surface area contributed by atoms with E-state index < -0.39 is 0 Å². The van der Waals surface area contributed by atoms with Gasteiger partial charge in [0.15, 0.2) is 0 Å². The Hall–Kier alpha value is -1.03. The predicted octanol–water partition coefficient (Wildman–Crippen LogP) is 2.95. The Balaban J connectivity index is 1.94. The average Bonchev–Trinajstić information content (AvgIpc) is 2.78. The van der Waals surface area contributed by atoms with Crippen LogP contribution in [-0.2, 0) is 0 Å². The Kier molecular flexibility index (Phi) is 4.05. The molecule has 1 aliphatic carbocycles. The van der Waals surface area contributed by atoms with Crippen LogP contribution in [0.25, 0.3) is 0 Å². The Morgan fingerprint density at radius 1 is 1.41 bits per heavy atom. The van der Waals surface area contributed by atoms with Gasteiger partial charge in [0.05, 0.1) is 5.56 Å². The number of nitrogens with two attached hydrogens (primary N) is 1. The number of nitrogens with one attached hydrogen (secondary N) is 1. The second-order valence-electron chi connectivity index (χ2n) is 4.59. The van der Waals surface area contributed by atoms with Crippen molar-refractivity contribution in [1.82, 2.24) is 5.32 Å². The van der Waals surface area contributed by atoms with E-state index in [0.717, 1.165) is 11.0 Å². The lowest BCUT2D eigenvalue weighted by Crippen LogP contribution is -2.28. The highest BCUT2D eigenvalue weighted by Crippen LogP contribution is 2.24. The topological polar surface area (TPSA) is 55.1 Å². The van der Waals surface area contributed by atoms with Gasteiger partial charge in [0.2, 0.25) is 0 Å². The predicted molar refractivity (Wildman–Crippen MR) is 72.8 cm³/mol. The summed E-state index contributed by atoms with van der Waals surface area (Å²) in [6.07, 6.45) is 5.05. The highest BCUT2D eigenvalue weighted by molar-refractivity contribution is 9.10. The number of carbonyl (C=O) groups excluding carboxylic acids is 1. The van der Waals surface area contributed by atoms with E-state index in [9.17, 15) is 4.79 Å². The number of amides is 1. The van der Waals surface area contributed by atoms with Crippen molar-refractivity contribution in [1.29, 1.82) is 0 Å². The van der Waals surface area contributed by atoms with Gasteiger partial charge in [-0.05, 0) is 37.0 Å². The zero-order chi connectivity index (χ0) is 12.3. The summed E-state index contributed by atoms with van der Waals surface area (Å²) >= 11 is 3.33. The molecule has 92 valence electrons. The van der Waals surface area contributed by atoms with Crippen LogP contribution < -0.4 is 11.1 Å². The van der Waals surface area contributed by atoms with Crippen LogP contribution in [0, 0.1) is 5.92 Å². The maximum absolute atomic E-state index is 11.9. The first-order valence-electron chi connectivity index (χ1n) is 6.00. The van der Waals surface area contributed by atoms with Gasteiger partial charge in [-0.3, -0.25) is 4.79 Å². The molecule has 0 radical (unpaired) electrons. The Morgan fingerprint density at radius 3 is 2.76 bits per heavy atom. The fourth-order valence-electron chi connectivity index (χ4n) is 2.29. The van der Waals surface area contributed by atoms with Gasteiger partial charge in [0.1, 0.15) is 0 Å². The van der Waals surface area contributed by atoms with Crippen LogP contribution in [0.15, 0.2) is 22.7 Å². The van der Waals surface area contributed by atoms with Gasteiger partial charge < -0.3 is 11.1 Å². The van der Waals surface area contributed by atoms with Crippen LogP contribution >= 0.6 is 15.9 Å². The SMILES string of the molecule is Nc1cc(Br)ccc1C(=O)NCC1CCCC1. The van der Waals surface area contributed by atoms with E-state index >= 15 is 0 Å².